The largest absolute Gasteiger partial charge is 0.387 e. The molecule has 3 nitrogen and oxygen atoms in total. The van der Waals surface area contributed by atoms with Gasteiger partial charge in [-0.1, -0.05) is 0 Å². The third-order valence-corrected chi connectivity index (χ3v) is 3.91. The lowest BCUT2D eigenvalue weighted by Crippen LogP contribution is -2.25. The number of hydrogen-bond donors (Lipinski definition) is 1. The molecule has 1 aromatic rings. The molecule has 0 radical (unpaired) electrons. The first-order valence-electron chi connectivity index (χ1n) is 4.28. The van der Waals surface area contributed by atoms with E-state index in [1.165, 1.54) is 11.3 Å². The zero-order valence-electron chi connectivity index (χ0n) is 8.45. The number of aliphatic hydroxyl groups excluding tert-OH is 1. The molecule has 80 valence electrons. The Morgan fingerprint density at radius 1 is 1.71 bits per heavy atom. The van der Waals surface area contributed by atoms with Gasteiger partial charge in [-0.2, -0.15) is 0 Å². The molecule has 1 aromatic heterocycles. The number of nitrogens with zero attached hydrogens (tertiary/aromatic N) is 1. The molecule has 0 amide bonds. The minimum absolute atomic E-state index is 0.317. The van der Waals surface area contributed by atoms with Crippen LogP contribution in [0.1, 0.15) is 31.2 Å². The van der Waals surface area contributed by atoms with Gasteiger partial charge in [-0.3, -0.25) is 0 Å². The molecule has 0 aliphatic rings. The SMILES string of the molecule is COC(C)(C)CC(O)c1scnc1Br. The summed E-state index contributed by atoms with van der Waals surface area (Å²) >= 11 is 4.74. The summed E-state index contributed by atoms with van der Waals surface area (Å²) in [6.45, 7) is 3.90. The molecule has 0 saturated carbocycles. The second-order valence-electron chi connectivity index (χ2n) is 3.69. The van der Waals surface area contributed by atoms with Crippen molar-refractivity contribution in [2.45, 2.75) is 32.0 Å². The van der Waals surface area contributed by atoms with Gasteiger partial charge in [0.25, 0.3) is 0 Å². The fourth-order valence-electron chi connectivity index (χ4n) is 1.10. The zero-order valence-corrected chi connectivity index (χ0v) is 10.9. The van der Waals surface area contributed by atoms with Gasteiger partial charge in [0.15, 0.2) is 0 Å². The fourth-order valence-corrected chi connectivity index (χ4v) is 2.54. The number of aromatic nitrogens is 1. The van der Waals surface area contributed by atoms with E-state index in [-0.39, 0.29) is 5.60 Å². The lowest BCUT2D eigenvalue weighted by molar-refractivity contribution is -0.0194. The van der Waals surface area contributed by atoms with Gasteiger partial charge in [0, 0.05) is 13.5 Å². The summed E-state index contributed by atoms with van der Waals surface area (Å²) in [6, 6.07) is 0. The summed E-state index contributed by atoms with van der Waals surface area (Å²) < 4.78 is 5.98. The van der Waals surface area contributed by atoms with Crippen LogP contribution in [0.4, 0.5) is 0 Å². The molecule has 1 N–H and O–H groups in total. The van der Waals surface area contributed by atoms with Crippen LogP contribution in [0.5, 0.6) is 0 Å². The second-order valence-corrected chi connectivity index (χ2v) is 5.33. The minimum Gasteiger partial charge on any atom is -0.387 e. The van der Waals surface area contributed by atoms with Crippen LogP contribution >= 0.6 is 27.3 Å². The fraction of sp³-hybridized carbons (Fsp3) is 0.667. The lowest BCUT2D eigenvalue weighted by Gasteiger charge is -2.25. The Morgan fingerprint density at radius 2 is 2.36 bits per heavy atom. The van der Waals surface area contributed by atoms with Crippen LogP contribution in [-0.4, -0.2) is 22.8 Å². The van der Waals surface area contributed by atoms with Crippen molar-refractivity contribution in [3.05, 3.63) is 15.0 Å². The Morgan fingerprint density at radius 3 is 2.79 bits per heavy atom. The van der Waals surface area contributed by atoms with Crippen molar-refractivity contribution in [3.8, 4) is 0 Å². The van der Waals surface area contributed by atoms with E-state index in [0.29, 0.717) is 6.42 Å². The highest BCUT2D eigenvalue weighted by Gasteiger charge is 2.24. The van der Waals surface area contributed by atoms with Crippen molar-refractivity contribution in [3.63, 3.8) is 0 Å². The normalized spacial score (nSPS) is 14.4. The van der Waals surface area contributed by atoms with E-state index in [9.17, 15) is 5.11 Å². The van der Waals surface area contributed by atoms with Crippen LogP contribution in [0.3, 0.4) is 0 Å². The predicted molar refractivity (Wildman–Crippen MR) is 60.5 cm³/mol. The lowest BCUT2D eigenvalue weighted by atomic mass is 10.0. The van der Waals surface area contributed by atoms with E-state index in [1.54, 1.807) is 12.6 Å². The summed E-state index contributed by atoms with van der Waals surface area (Å²) in [7, 11) is 1.65. The quantitative estimate of drug-likeness (QED) is 0.922. The maximum atomic E-state index is 9.92. The Kier molecular flexibility index (Phi) is 4.06. The molecule has 1 heterocycles. The Hall–Kier alpha value is 0.0300. The van der Waals surface area contributed by atoms with Crippen molar-refractivity contribution in [2.75, 3.05) is 7.11 Å². The van der Waals surface area contributed by atoms with Gasteiger partial charge >= 0.3 is 0 Å². The van der Waals surface area contributed by atoms with Crippen molar-refractivity contribution in [1.82, 2.24) is 4.98 Å². The van der Waals surface area contributed by atoms with E-state index in [2.05, 4.69) is 20.9 Å². The van der Waals surface area contributed by atoms with Crippen LogP contribution in [0.15, 0.2) is 10.1 Å². The highest BCUT2D eigenvalue weighted by Crippen LogP contribution is 2.32. The molecule has 5 heteroatoms. The predicted octanol–water partition coefficient (Wildman–Crippen LogP) is 2.75. The molecule has 1 rings (SSSR count). The number of aliphatic hydroxyl groups is 1. The van der Waals surface area contributed by atoms with Crippen molar-refractivity contribution < 1.29 is 9.84 Å². The summed E-state index contributed by atoms with van der Waals surface area (Å²) in [4.78, 5) is 4.88. The molecule has 0 aromatic carbocycles. The topological polar surface area (TPSA) is 42.4 Å². The number of ether oxygens (including phenoxy) is 1. The third kappa shape index (κ3) is 3.02. The number of thiazole rings is 1. The molecular weight excluding hydrogens is 266 g/mol. The molecule has 0 spiro atoms. The molecule has 0 aliphatic heterocycles. The van der Waals surface area contributed by atoms with Crippen molar-refractivity contribution >= 4 is 27.3 Å². The zero-order chi connectivity index (χ0) is 10.8. The van der Waals surface area contributed by atoms with Crippen LogP contribution in [0, 0.1) is 0 Å². The first-order valence-corrected chi connectivity index (χ1v) is 5.95. The second kappa shape index (κ2) is 4.70. The number of rotatable bonds is 4. The molecular formula is C9H14BrNO2S. The maximum Gasteiger partial charge on any atom is 0.122 e. The standard InChI is InChI=1S/C9H14BrNO2S/c1-9(2,13-3)4-6(12)7-8(10)11-5-14-7/h5-6,12H,4H2,1-3H3. The molecule has 0 aliphatic carbocycles. The highest BCUT2D eigenvalue weighted by atomic mass is 79.9. The van der Waals surface area contributed by atoms with E-state index in [0.717, 1.165) is 9.48 Å². The number of hydrogen-bond acceptors (Lipinski definition) is 4. The minimum atomic E-state index is -0.521. The van der Waals surface area contributed by atoms with Crippen LogP contribution in [-0.2, 0) is 4.74 Å². The maximum absolute atomic E-state index is 9.92. The summed E-state index contributed by atoms with van der Waals surface area (Å²) in [5.41, 5.74) is 1.39. The van der Waals surface area contributed by atoms with E-state index >= 15 is 0 Å². The monoisotopic (exact) mass is 279 g/mol. The first kappa shape index (κ1) is 12.1. The van der Waals surface area contributed by atoms with E-state index in [4.69, 9.17) is 4.74 Å². The Bertz CT molecular complexity index is 301. The van der Waals surface area contributed by atoms with Gasteiger partial charge in [0.05, 0.1) is 22.1 Å². The van der Waals surface area contributed by atoms with Crippen LogP contribution in [0.2, 0.25) is 0 Å². The Labute approximate surface area is 96.3 Å². The molecule has 1 atom stereocenters. The van der Waals surface area contributed by atoms with Gasteiger partial charge in [-0.05, 0) is 29.8 Å². The summed E-state index contributed by atoms with van der Waals surface area (Å²) in [5.74, 6) is 0. The van der Waals surface area contributed by atoms with Gasteiger partial charge < -0.3 is 9.84 Å². The highest BCUT2D eigenvalue weighted by molar-refractivity contribution is 9.10. The third-order valence-electron chi connectivity index (χ3n) is 2.09. The van der Waals surface area contributed by atoms with E-state index < -0.39 is 6.10 Å². The smallest absolute Gasteiger partial charge is 0.122 e. The number of methoxy groups -OCH3 is 1. The van der Waals surface area contributed by atoms with Crippen LogP contribution < -0.4 is 0 Å². The molecule has 0 bridgehead atoms. The van der Waals surface area contributed by atoms with Gasteiger partial charge in [0.2, 0.25) is 0 Å². The average Bonchev–Trinajstić information content (AvgIpc) is 2.51. The van der Waals surface area contributed by atoms with Gasteiger partial charge in [-0.15, -0.1) is 11.3 Å². The summed E-state index contributed by atoms with van der Waals surface area (Å²) in [5, 5.41) is 9.92. The summed E-state index contributed by atoms with van der Waals surface area (Å²) in [6.07, 6.45) is 0.0384. The van der Waals surface area contributed by atoms with Gasteiger partial charge in [-0.25, -0.2) is 4.98 Å². The van der Waals surface area contributed by atoms with Crippen molar-refractivity contribution in [1.29, 1.82) is 0 Å². The molecule has 0 saturated heterocycles. The average molecular weight is 280 g/mol. The van der Waals surface area contributed by atoms with Crippen LogP contribution in [0.25, 0.3) is 0 Å². The van der Waals surface area contributed by atoms with Crippen molar-refractivity contribution in [2.24, 2.45) is 0 Å². The van der Waals surface area contributed by atoms with E-state index in [1.807, 2.05) is 13.8 Å². The van der Waals surface area contributed by atoms with Gasteiger partial charge in [0.1, 0.15) is 4.60 Å². The molecule has 1 unspecified atom stereocenters. The Balaban J connectivity index is 2.68. The molecule has 14 heavy (non-hydrogen) atoms. The molecule has 0 fully saturated rings. The number of halogens is 1. The first-order chi connectivity index (χ1) is 6.46.